The highest BCUT2D eigenvalue weighted by Gasteiger charge is 2.20. The molecule has 1 aromatic rings. The summed E-state index contributed by atoms with van der Waals surface area (Å²) in [5.74, 6) is -0.168. The normalized spacial score (nSPS) is 19.0. The third-order valence-electron chi connectivity index (χ3n) is 2.93. The molecule has 0 bridgehead atoms. The van der Waals surface area contributed by atoms with Crippen LogP contribution >= 0.6 is 26.6 Å². The summed E-state index contributed by atoms with van der Waals surface area (Å²) in [4.78, 5) is 11.8. The topological polar surface area (TPSA) is 72.5 Å². The standard InChI is InChI=1S/C12H13BrClNO4S/c13-10-7-9(20(14,17)18)3-4-11(10)15-12(16)6-8-2-1-5-19-8/h3-4,7-8H,1-2,5-6H2,(H,15,16). The van der Waals surface area contributed by atoms with Gasteiger partial charge in [0.05, 0.1) is 23.1 Å². The van der Waals surface area contributed by atoms with Crippen LogP contribution in [0.1, 0.15) is 19.3 Å². The molecule has 2 rings (SSSR count). The zero-order valence-corrected chi connectivity index (χ0v) is 13.6. The lowest BCUT2D eigenvalue weighted by molar-refractivity contribution is -0.118. The molecule has 1 amide bonds. The summed E-state index contributed by atoms with van der Waals surface area (Å²) in [7, 11) is 1.47. The number of carbonyl (C=O) groups is 1. The Morgan fingerprint density at radius 2 is 2.25 bits per heavy atom. The number of hydrogen-bond acceptors (Lipinski definition) is 4. The van der Waals surface area contributed by atoms with Crippen LogP contribution in [0.15, 0.2) is 27.6 Å². The van der Waals surface area contributed by atoms with Crippen molar-refractivity contribution in [3.63, 3.8) is 0 Å². The van der Waals surface area contributed by atoms with Crippen LogP contribution in [0.2, 0.25) is 0 Å². The quantitative estimate of drug-likeness (QED) is 0.813. The number of nitrogens with one attached hydrogen (secondary N) is 1. The number of amides is 1. The molecule has 1 saturated heterocycles. The fraction of sp³-hybridized carbons (Fsp3) is 0.417. The van der Waals surface area contributed by atoms with E-state index in [0.29, 0.717) is 23.2 Å². The van der Waals surface area contributed by atoms with Crippen molar-refractivity contribution in [1.29, 1.82) is 0 Å². The molecular formula is C12H13BrClNO4S. The van der Waals surface area contributed by atoms with Gasteiger partial charge in [0.25, 0.3) is 9.05 Å². The molecule has 5 nitrogen and oxygen atoms in total. The molecule has 1 aliphatic rings. The first-order chi connectivity index (χ1) is 9.36. The van der Waals surface area contributed by atoms with Gasteiger partial charge in [0.15, 0.2) is 0 Å². The van der Waals surface area contributed by atoms with Crippen LogP contribution in [0.4, 0.5) is 5.69 Å². The van der Waals surface area contributed by atoms with Crippen LogP contribution in [0.25, 0.3) is 0 Å². The van der Waals surface area contributed by atoms with Crippen molar-refractivity contribution in [1.82, 2.24) is 0 Å². The molecule has 8 heteroatoms. The first kappa shape index (κ1) is 15.8. The highest BCUT2D eigenvalue weighted by molar-refractivity contribution is 9.10. The molecular weight excluding hydrogens is 370 g/mol. The number of rotatable bonds is 4. The Morgan fingerprint density at radius 1 is 1.50 bits per heavy atom. The highest BCUT2D eigenvalue weighted by Crippen LogP contribution is 2.27. The minimum Gasteiger partial charge on any atom is -0.378 e. The van der Waals surface area contributed by atoms with E-state index in [4.69, 9.17) is 15.4 Å². The second kappa shape index (κ2) is 6.43. The third kappa shape index (κ3) is 4.18. The maximum Gasteiger partial charge on any atom is 0.261 e. The minimum atomic E-state index is -3.78. The molecule has 110 valence electrons. The molecule has 1 atom stereocenters. The van der Waals surface area contributed by atoms with Gasteiger partial charge < -0.3 is 10.1 Å². The van der Waals surface area contributed by atoms with E-state index in [0.717, 1.165) is 12.8 Å². The number of hydrogen-bond donors (Lipinski definition) is 1. The van der Waals surface area contributed by atoms with Crippen molar-refractivity contribution in [2.24, 2.45) is 0 Å². The lowest BCUT2D eigenvalue weighted by atomic mass is 10.2. The lowest BCUT2D eigenvalue weighted by Crippen LogP contribution is -2.19. The maximum absolute atomic E-state index is 11.8. The van der Waals surface area contributed by atoms with Gasteiger partial charge in [-0.1, -0.05) is 0 Å². The first-order valence-electron chi connectivity index (χ1n) is 6.02. The summed E-state index contributed by atoms with van der Waals surface area (Å²) in [6, 6.07) is 4.19. The van der Waals surface area contributed by atoms with Crippen molar-refractivity contribution in [3.8, 4) is 0 Å². The van der Waals surface area contributed by atoms with Crippen molar-refractivity contribution in [2.45, 2.75) is 30.3 Å². The average Bonchev–Trinajstić information content (AvgIpc) is 2.83. The van der Waals surface area contributed by atoms with Crippen molar-refractivity contribution < 1.29 is 17.9 Å². The Hall–Kier alpha value is -0.630. The van der Waals surface area contributed by atoms with Gasteiger partial charge >= 0.3 is 0 Å². The molecule has 0 radical (unpaired) electrons. The molecule has 0 aromatic heterocycles. The fourth-order valence-corrected chi connectivity index (χ4v) is 3.37. The van der Waals surface area contributed by atoms with E-state index in [-0.39, 0.29) is 16.9 Å². The van der Waals surface area contributed by atoms with E-state index in [1.807, 2.05) is 0 Å². The molecule has 1 fully saturated rings. The Bertz CT molecular complexity index is 614. The molecule has 1 aromatic carbocycles. The van der Waals surface area contributed by atoms with Crippen LogP contribution in [-0.4, -0.2) is 27.0 Å². The summed E-state index contributed by atoms with van der Waals surface area (Å²) in [5, 5.41) is 2.71. The number of ether oxygens (including phenoxy) is 1. The Kier molecular flexibility index (Phi) is 5.06. The largest absolute Gasteiger partial charge is 0.378 e. The predicted molar refractivity (Wildman–Crippen MR) is 79.4 cm³/mol. The number of benzene rings is 1. The van der Waals surface area contributed by atoms with Gasteiger partial charge in [-0.2, -0.15) is 0 Å². The molecule has 1 aliphatic heterocycles. The summed E-state index contributed by atoms with van der Waals surface area (Å²) < 4.78 is 28.2. The Morgan fingerprint density at radius 3 is 2.80 bits per heavy atom. The Labute approximate surface area is 130 Å². The minimum absolute atomic E-state index is 0.0248. The van der Waals surface area contributed by atoms with Crippen LogP contribution in [0.5, 0.6) is 0 Å². The van der Waals surface area contributed by atoms with Gasteiger partial charge in [0.1, 0.15) is 0 Å². The van der Waals surface area contributed by atoms with Gasteiger partial charge in [-0.15, -0.1) is 0 Å². The predicted octanol–water partition coefficient (Wildman–Crippen LogP) is 2.88. The van der Waals surface area contributed by atoms with Crippen molar-refractivity contribution >= 4 is 47.3 Å². The zero-order chi connectivity index (χ0) is 14.8. The molecule has 1 unspecified atom stereocenters. The maximum atomic E-state index is 11.8. The van der Waals surface area contributed by atoms with E-state index in [1.54, 1.807) is 0 Å². The summed E-state index contributed by atoms with van der Waals surface area (Å²) in [6.07, 6.45) is 2.13. The van der Waals surface area contributed by atoms with Gasteiger partial charge in [-0.3, -0.25) is 4.79 Å². The SMILES string of the molecule is O=C(CC1CCCO1)Nc1ccc(S(=O)(=O)Cl)cc1Br. The van der Waals surface area contributed by atoms with E-state index in [9.17, 15) is 13.2 Å². The zero-order valence-electron chi connectivity index (χ0n) is 10.4. The highest BCUT2D eigenvalue weighted by atomic mass is 79.9. The molecule has 0 spiro atoms. The fourth-order valence-electron chi connectivity index (χ4n) is 1.96. The van der Waals surface area contributed by atoms with Gasteiger partial charge in [-0.05, 0) is 47.0 Å². The molecule has 1 N–H and O–H groups in total. The van der Waals surface area contributed by atoms with Crippen LogP contribution < -0.4 is 5.32 Å². The van der Waals surface area contributed by atoms with Crippen molar-refractivity contribution in [3.05, 3.63) is 22.7 Å². The molecule has 1 heterocycles. The van der Waals surface area contributed by atoms with Gasteiger partial charge in [-0.25, -0.2) is 8.42 Å². The third-order valence-corrected chi connectivity index (χ3v) is 4.94. The van der Waals surface area contributed by atoms with E-state index >= 15 is 0 Å². The van der Waals surface area contributed by atoms with E-state index in [2.05, 4.69) is 21.2 Å². The van der Waals surface area contributed by atoms with Crippen LogP contribution in [0, 0.1) is 0 Å². The monoisotopic (exact) mass is 381 g/mol. The Balaban J connectivity index is 2.04. The average molecular weight is 383 g/mol. The second-order valence-electron chi connectivity index (χ2n) is 4.47. The summed E-state index contributed by atoms with van der Waals surface area (Å²) in [5.41, 5.74) is 0.497. The number of anilines is 1. The van der Waals surface area contributed by atoms with E-state index < -0.39 is 9.05 Å². The van der Waals surface area contributed by atoms with Crippen molar-refractivity contribution in [2.75, 3.05) is 11.9 Å². The van der Waals surface area contributed by atoms with Gasteiger partial charge in [0, 0.05) is 21.8 Å². The summed E-state index contributed by atoms with van der Waals surface area (Å²) >= 11 is 3.21. The van der Waals surface area contributed by atoms with Crippen LogP contribution in [0.3, 0.4) is 0 Å². The first-order valence-corrected chi connectivity index (χ1v) is 9.12. The van der Waals surface area contributed by atoms with Gasteiger partial charge in [0.2, 0.25) is 5.91 Å². The molecule has 0 aliphatic carbocycles. The molecule has 0 saturated carbocycles. The lowest BCUT2D eigenvalue weighted by Gasteiger charge is -2.11. The smallest absolute Gasteiger partial charge is 0.261 e. The number of carbonyl (C=O) groups excluding carboxylic acids is 1. The second-order valence-corrected chi connectivity index (χ2v) is 7.89. The van der Waals surface area contributed by atoms with Crippen LogP contribution in [-0.2, 0) is 18.6 Å². The number of halogens is 2. The van der Waals surface area contributed by atoms with E-state index in [1.165, 1.54) is 18.2 Å². The molecule has 20 heavy (non-hydrogen) atoms. The summed E-state index contributed by atoms with van der Waals surface area (Å²) in [6.45, 7) is 0.698.